The van der Waals surface area contributed by atoms with Crippen LogP contribution in [0.25, 0.3) is 0 Å². The summed E-state index contributed by atoms with van der Waals surface area (Å²) in [4.78, 5) is 0. The van der Waals surface area contributed by atoms with Crippen LogP contribution >= 0.6 is 0 Å². The van der Waals surface area contributed by atoms with Gasteiger partial charge in [-0.2, -0.15) is 85.0 Å². The Labute approximate surface area is 202 Å². The summed E-state index contributed by atoms with van der Waals surface area (Å²) in [5, 5.41) is 0. The third-order valence-corrected chi connectivity index (χ3v) is 6.54. The Bertz CT molecular complexity index is 707. The maximum absolute atomic E-state index is 2.24. The van der Waals surface area contributed by atoms with Gasteiger partial charge in [0.15, 0.2) is 0 Å². The molecule has 0 atom stereocenters. The van der Waals surface area contributed by atoms with E-state index in [-0.39, 0.29) is 35.6 Å². The minimum Gasteiger partial charge on any atom is -0.199 e. The molecule has 0 saturated heterocycles. The van der Waals surface area contributed by atoms with Crippen LogP contribution in [0.1, 0.15) is 66.8 Å². The van der Waals surface area contributed by atoms with E-state index in [0.29, 0.717) is 0 Å². The van der Waals surface area contributed by atoms with Crippen molar-refractivity contribution >= 4 is 0 Å². The summed E-state index contributed by atoms with van der Waals surface area (Å²) in [5.41, 5.74) is 17.2. The molecule has 0 aliphatic carbocycles. The topological polar surface area (TPSA) is 0 Å². The van der Waals surface area contributed by atoms with Gasteiger partial charge in [0.25, 0.3) is 0 Å². The van der Waals surface area contributed by atoms with Crippen LogP contribution in [0, 0.1) is 119 Å². The number of hydrogen-bond acceptors (Lipinski definition) is 0. The normalized spacial score (nSPS) is 9.86. The van der Waals surface area contributed by atoms with Crippen molar-refractivity contribution in [2.75, 3.05) is 0 Å². The fourth-order valence-corrected chi connectivity index (χ4v) is 3.40. The monoisotopic (exact) mass is 502 g/mol. The molecular formula is C27H39La. The van der Waals surface area contributed by atoms with E-state index < -0.39 is 0 Å². The summed E-state index contributed by atoms with van der Waals surface area (Å²) in [6.45, 7) is 26.0. The molecule has 3 aromatic rings. The van der Waals surface area contributed by atoms with E-state index >= 15 is 0 Å². The molecule has 0 fully saturated rings. The number of aryl methyl sites for hydroxylation is 6. The van der Waals surface area contributed by atoms with E-state index in [0.717, 1.165) is 0 Å². The zero-order chi connectivity index (χ0) is 21.0. The van der Waals surface area contributed by atoms with Crippen LogP contribution in [0.3, 0.4) is 0 Å². The van der Waals surface area contributed by atoms with Crippen molar-refractivity contribution in [3.63, 3.8) is 0 Å². The molecule has 0 saturated carbocycles. The second-order valence-corrected chi connectivity index (χ2v) is 8.28. The molecule has 28 heavy (non-hydrogen) atoms. The summed E-state index contributed by atoms with van der Waals surface area (Å²) in [7, 11) is 0. The first-order valence-electron chi connectivity index (χ1n) is 9.98. The van der Waals surface area contributed by atoms with Crippen LogP contribution in [-0.4, -0.2) is 0 Å². The molecule has 0 nitrogen and oxygen atoms in total. The van der Waals surface area contributed by atoms with Gasteiger partial charge in [-0.05, 0) is 0 Å². The molecule has 0 aromatic heterocycles. The largest absolute Gasteiger partial charge is 3.00 e. The van der Waals surface area contributed by atoms with E-state index in [1.165, 1.54) is 66.8 Å². The first-order chi connectivity index (χ1) is 12.4. The van der Waals surface area contributed by atoms with Gasteiger partial charge in [-0.3, -0.25) is 0 Å². The van der Waals surface area contributed by atoms with E-state index in [1.54, 1.807) is 0 Å². The molecule has 0 spiro atoms. The molecule has 3 rings (SSSR count). The summed E-state index contributed by atoms with van der Waals surface area (Å²) >= 11 is 0. The average Bonchev–Trinajstić information content (AvgIpc) is 3.07. The van der Waals surface area contributed by atoms with Gasteiger partial charge in [0.2, 0.25) is 0 Å². The Balaban J connectivity index is 0.000000384. The summed E-state index contributed by atoms with van der Waals surface area (Å²) < 4.78 is 0. The summed E-state index contributed by atoms with van der Waals surface area (Å²) in [5.74, 6) is 0. The molecule has 0 N–H and O–H groups in total. The molecule has 3 aromatic carbocycles. The fourth-order valence-electron chi connectivity index (χ4n) is 3.40. The van der Waals surface area contributed by atoms with Crippen LogP contribution < -0.4 is 0 Å². The van der Waals surface area contributed by atoms with Gasteiger partial charge in [-0.25, -0.2) is 0 Å². The molecule has 0 aliphatic rings. The first-order valence-corrected chi connectivity index (χ1v) is 9.98. The Hall–Kier alpha value is -0.755. The van der Waals surface area contributed by atoms with Crippen LogP contribution in [-0.2, 0) is 0 Å². The van der Waals surface area contributed by atoms with Gasteiger partial charge in [0.1, 0.15) is 0 Å². The van der Waals surface area contributed by atoms with Crippen molar-refractivity contribution < 1.29 is 35.6 Å². The fraction of sp³-hybridized carbons (Fsp3) is 0.444. The van der Waals surface area contributed by atoms with E-state index in [2.05, 4.69) is 101 Å². The predicted molar refractivity (Wildman–Crippen MR) is 123 cm³/mol. The Kier molecular flexibility index (Phi) is 11.1. The van der Waals surface area contributed by atoms with Crippen molar-refractivity contribution in [2.45, 2.75) is 83.1 Å². The molecule has 0 amide bonds. The van der Waals surface area contributed by atoms with Gasteiger partial charge in [0, 0.05) is 0 Å². The van der Waals surface area contributed by atoms with E-state index in [4.69, 9.17) is 0 Å². The van der Waals surface area contributed by atoms with Crippen molar-refractivity contribution in [3.05, 3.63) is 85.0 Å². The molecule has 0 aliphatic heterocycles. The number of hydrogen-bond donors (Lipinski definition) is 0. The van der Waals surface area contributed by atoms with E-state index in [9.17, 15) is 0 Å². The molecular weight excluding hydrogens is 463 g/mol. The zero-order valence-corrected chi connectivity index (χ0v) is 23.9. The molecule has 0 radical (unpaired) electrons. The maximum atomic E-state index is 2.24. The van der Waals surface area contributed by atoms with Crippen molar-refractivity contribution in [1.29, 1.82) is 0 Å². The van der Waals surface area contributed by atoms with Gasteiger partial charge in [-0.15, -0.1) is 0 Å². The van der Waals surface area contributed by atoms with Crippen LogP contribution in [0.5, 0.6) is 0 Å². The summed E-state index contributed by atoms with van der Waals surface area (Å²) in [6.07, 6.45) is 0. The van der Waals surface area contributed by atoms with Crippen molar-refractivity contribution in [3.8, 4) is 0 Å². The SMILES string of the molecule is Cc1c[c-](C)c(C)c1C.Cc1c[c-](C)c(C)c1C.Cc1c[c-](C)c(C)c1C.[La+3]. The third-order valence-electron chi connectivity index (χ3n) is 6.54. The average molecular weight is 503 g/mol. The van der Waals surface area contributed by atoms with Crippen molar-refractivity contribution in [1.82, 2.24) is 0 Å². The molecule has 150 valence electrons. The third kappa shape index (κ3) is 6.65. The Morgan fingerprint density at radius 2 is 0.607 bits per heavy atom. The Morgan fingerprint density at radius 3 is 0.643 bits per heavy atom. The van der Waals surface area contributed by atoms with Crippen LogP contribution in [0.15, 0.2) is 18.2 Å². The van der Waals surface area contributed by atoms with Crippen LogP contribution in [0.4, 0.5) is 0 Å². The standard InChI is InChI=1S/3C9H13.La/c3*1-6-5-7(2)9(4)8(6)3;/h3*5H,1-4H3;/q3*-1;+3. The minimum absolute atomic E-state index is 0. The minimum atomic E-state index is 0. The zero-order valence-electron chi connectivity index (χ0n) is 20.3. The molecule has 1 heteroatoms. The molecule has 0 bridgehead atoms. The van der Waals surface area contributed by atoms with Gasteiger partial charge in [0.05, 0.1) is 0 Å². The van der Waals surface area contributed by atoms with Gasteiger partial charge >= 0.3 is 35.6 Å². The van der Waals surface area contributed by atoms with Crippen molar-refractivity contribution in [2.24, 2.45) is 0 Å². The Morgan fingerprint density at radius 1 is 0.429 bits per heavy atom. The van der Waals surface area contributed by atoms with E-state index in [1.807, 2.05) is 0 Å². The smallest absolute Gasteiger partial charge is 0.199 e. The van der Waals surface area contributed by atoms with Crippen LogP contribution in [0.2, 0.25) is 0 Å². The second-order valence-electron chi connectivity index (χ2n) is 8.28. The second kappa shape index (κ2) is 11.4. The predicted octanol–water partition coefficient (Wildman–Crippen LogP) is 7.92. The maximum Gasteiger partial charge on any atom is 3.00 e. The number of rotatable bonds is 0. The molecule has 0 heterocycles. The quantitative estimate of drug-likeness (QED) is 0.274. The van der Waals surface area contributed by atoms with Gasteiger partial charge in [-0.1, -0.05) is 83.1 Å². The first kappa shape index (κ1) is 27.2. The summed E-state index contributed by atoms with van der Waals surface area (Å²) in [6, 6.07) is 6.72. The van der Waals surface area contributed by atoms with Gasteiger partial charge < -0.3 is 0 Å². The molecule has 0 unspecified atom stereocenters.